The molecule has 0 saturated heterocycles. The average molecular weight is 323 g/mol. The van der Waals surface area contributed by atoms with Crippen LogP contribution in [0.5, 0.6) is 0 Å². The van der Waals surface area contributed by atoms with Crippen LogP contribution in [0.25, 0.3) is 43.6 Å². The van der Waals surface area contributed by atoms with Crippen LogP contribution in [0.3, 0.4) is 0 Å². The number of rotatable bonds is 1. The summed E-state index contributed by atoms with van der Waals surface area (Å²) in [6, 6.07) is 22.0. The molecule has 0 amide bonds. The second kappa shape index (κ2) is 4.91. The van der Waals surface area contributed by atoms with Crippen LogP contribution in [-0.4, -0.2) is 39.1 Å². The molecule has 23 heavy (non-hydrogen) atoms. The maximum Gasteiger partial charge on any atom is 0.374 e. The van der Waals surface area contributed by atoms with Gasteiger partial charge in [0, 0.05) is 43.6 Å². The lowest BCUT2D eigenvalue weighted by molar-refractivity contribution is 1.36. The quantitative estimate of drug-likeness (QED) is 0.406. The van der Waals surface area contributed by atoms with Gasteiger partial charge in [0.25, 0.3) is 0 Å². The minimum absolute atomic E-state index is 0.203. The van der Waals surface area contributed by atoms with Crippen LogP contribution < -0.4 is 0 Å². The number of fused-ring (bicyclic) bond motifs is 7. The third kappa shape index (κ3) is 1.70. The molecule has 105 valence electrons. The third-order valence-electron chi connectivity index (χ3n) is 4.80. The lowest BCUT2D eigenvalue weighted by Gasteiger charge is -2.04. The third-order valence-corrected chi connectivity index (χ3v) is 6.43. The Hall–Kier alpha value is -1.68. The van der Waals surface area contributed by atoms with E-state index in [1.807, 2.05) is 0 Å². The first-order chi connectivity index (χ1) is 11.3. The van der Waals surface area contributed by atoms with Gasteiger partial charge in [0.1, 0.15) is 0 Å². The molecule has 3 radical (unpaired) electrons. The number of nitrogens with zero attached hydrogens (tertiary/aromatic N) is 2. The molecule has 2 nitrogen and oxygen atoms in total. The van der Waals surface area contributed by atoms with Gasteiger partial charge in [-0.25, -0.2) is 0 Å². The summed E-state index contributed by atoms with van der Waals surface area (Å²) in [6.07, 6.45) is 0. The molecule has 0 fully saturated rings. The van der Waals surface area contributed by atoms with Gasteiger partial charge in [-0.05, 0) is 24.3 Å². The molecule has 0 aliphatic heterocycles. The number of hydrogen-bond acceptors (Lipinski definition) is 0. The molecule has 2 heterocycles. The molecule has 5 aromatic rings. The van der Waals surface area contributed by atoms with Gasteiger partial charge in [0.05, 0.1) is 0 Å². The van der Waals surface area contributed by atoms with Crippen LogP contribution >= 0.6 is 0 Å². The van der Waals surface area contributed by atoms with Crippen LogP contribution in [0.4, 0.5) is 0 Å². The van der Waals surface area contributed by atoms with E-state index in [1.165, 1.54) is 43.6 Å². The molecule has 3 aromatic carbocycles. The molecule has 2 aromatic heterocycles. The van der Waals surface area contributed by atoms with Gasteiger partial charge in [0.2, 0.25) is 0 Å². The topological polar surface area (TPSA) is 9.86 Å². The summed E-state index contributed by atoms with van der Waals surface area (Å²) >= 11 is 3.07. The first-order valence-electron chi connectivity index (χ1n) is 7.80. The average Bonchev–Trinajstić information content (AvgIpc) is 3.08. The highest BCUT2D eigenvalue weighted by atomic mass is 27.1. The lowest BCUT2D eigenvalue weighted by Crippen LogP contribution is -2.00. The number of hydrogen-bond donors (Lipinski definition) is 0. The number of benzene rings is 3. The standard InChI is InChI=1S/C18H10N2.CH3.2Al/c1-3-7-13-11(5-1)17-15(19-13)9-10-16-18(17)12-6-2-4-8-14(12)20-16;;;/h1-10H;1H3;;/q-2;;2*+1. The zero-order valence-electron chi connectivity index (χ0n) is 12.8. The zero-order valence-corrected chi connectivity index (χ0v) is 15.1. The second-order valence-electron chi connectivity index (χ2n) is 5.89. The van der Waals surface area contributed by atoms with Gasteiger partial charge in [-0.1, -0.05) is 42.2 Å². The smallest absolute Gasteiger partial charge is 0.374 e. The summed E-state index contributed by atoms with van der Waals surface area (Å²) in [5.74, 6) is 2.30. The van der Waals surface area contributed by atoms with Crippen LogP contribution in [-0.2, 0) is 0 Å². The van der Waals surface area contributed by atoms with Gasteiger partial charge < -0.3 is 7.10 Å². The summed E-state index contributed by atoms with van der Waals surface area (Å²) in [6.45, 7) is 0. The Kier molecular flexibility index (Phi) is 2.93. The van der Waals surface area contributed by atoms with E-state index in [0.717, 1.165) is 0 Å². The van der Waals surface area contributed by atoms with Gasteiger partial charge in [-0.15, -0.1) is 0 Å². The summed E-state index contributed by atoms with van der Waals surface area (Å²) in [7, 11) is 0. The number of aromatic nitrogens is 2. The SMILES string of the molecule is [CH3][Al][n]1c2ccccc2c2c3c4ccccc4[n]([Al])c3ccc21. The molecular formula is C19H13Al2N2. The molecule has 4 heteroatoms. The Balaban J connectivity index is 2.19. The largest absolute Gasteiger partial charge is 0.452 e. The van der Waals surface area contributed by atoms with Gasteiger partial charge in [-0.3, -0.25) is 0 Å². The fourth-order valence-electron chi connectivity index (χ4n) is 3.86. The van der Waals surface area contributed by atoms with E-state index in [4.69, 9.17) is 0 Å². The van der Waals surface area contributed by atoms with Crippen molar-refractivity contribution < 1.29 is 0 Å². The second-order valence-corrected chi connectivity index (χ2v) is 7.44. The van der Waals surface area contributed by atoms with Gasteiger partial charge in [0.15, 0.2) is 0 Å². The monoisotopic (exact) mass is 323 g/mol. The molecule has 0 unspecified atom stereocenters. The van der Waals surface area contributed by atoms with Crippen molar-refractivity contribution in [1.29, 1.82) is 0 Å². The van der Waals surface area contributed by atoms with Crippen LogP contribution in [0, 0.1) is 0 Å². The molecule has 0 aliphatic carbocycles. The van der Waals surface area contributed by atoms with Crippen LogP contribution in [0.15, 0.2) is 60.7 Å². The number of para-hydroxylation sites is 2. The van der Waals surface area contributed by atoms with Crippen molar-refractivity contribution in [3.63, 3.8) is 0 Å². The Morgan fingerprint density at radius 3 is 2.00 bits per heavy atom. The Labute approximate surface area is 148 Å². The van der Waals surface area contributed by atoms with E-state index >= 15 is 0 Å². The van der Waals surface area contributed by atoms with Crippen molar-refractivity contribution in [3.8, 4) is 0 Å². The highest BCUT2D eigenvalue weighted by Crippen LogP contribution is 2.38. The normalized spacial score (nSPS) is 11.9. The first-order valence-corrected chi connectivity index (χ1v) is 9.99. The first kappa shape index (κ1) is 13.7. The van der Waals surface area contributed by atoms with E-state index < -0.39 is 0 Å². The highest BCUT2D eigenvalue weighted by Gasteiger charge is 2.16. The van der Waals surface area contributed by atoms with Crippen molar-refractivity contribution in [1.82, 2.24) is 7.10 Å². The summed E-state index contributed by atoms with van der Waals surface area (Å²) in [5, 5.41) is 5.46. The lowest BCUT2D eigenvalue weighted by atomic mass is 10.1. The fraction of sp³-hybridized carbons (Fsp3) is 0.0526. The van der Waals surface area contributed by atoms with Crippen molar-refractivity contribution in [2.75, 3.05) is 0 Å². The van der Waals surface area contributed by atoms with Crippen LogP contribution in [0.1, 0.15) is 0 Å². The van der Waals surface area contributed by atoms with E-state index in [2.05, 4.69) is 90.1 Å². The minimum atomic E-state index is 0.203. The van der Waals surface area contributed by atoms with E-state index in [-0.39, 0.29) is 15.4 Å². The van der Waals surface area contributed by atoms with Gasteiger partial charge >= 0.3 is 32.0 Å². The maximum atomic E-state index is 2.87. The summed E-state index contributed by atoms with van der Waals surface area (Å²) in [4.78, 5) is 0. The predicted molar refractivity (Wildman–Crippen MR) is 101 cm³/mol. The van der Waals surface area contributed by atoms with Crippen molar-refractivity contribution in [2.45, 2.75) is 5.79 Å². The van der Waals surface area contributed by atoms with E-state index in [1.54, 1.807) is 0 Å². The minimum Gasteiger partial charge on any atom is -0.452 e. The summed E-state index contributed by atoms with van der Waals surface area (Å²) in [5.41, 5.74) is 5.25. The summed E-state index contributed by atoms with van der Waals surface area (Å²) < 4.78 is 4.73. The molecule has 0 spiro atoms. The van der Waals surface area contributed by atoms with Crippen molar-refractivity contribution in [3.05, 3.63) is 60.7 Å². The molecule has 0 atom stereocenters. The zero-order chi connectivity index (χ0) is 15.6. The van der Waals surface area contributed by atoms with Crippen LogP contribution in [0.2, 0.25) is 5.79 Å². The Morgan fingerprint density at radius 2 is 1.26 bits per heavy atom. The Morgan fingerprint density at radius 1 is 0.696 bits per heavy atom. The van der Waals surface area contributed by atoms with E-state index in [9.17, 15) is 0 Å². The van der Waals surface area contributed by atoms with Gasteiger partial charge in [-0.2, -0.15) is 0 Å². The highest BCUT2D eigenvalue weighted by molar-refractivity contribution is 6.40. The fourth-order valence-corrected chi connectivity index (χ4v) is 5.29. The molecule has 5 rings (SSSR count). The maximum absolute atomic E-state index is 2.87. The predicted octanol–water partition coefficient (Wildman–Crippen LogP) is 4.35. The van der Waals surface area contributed by atoms with Crippen molar-refractivity contribution >= 4 is 75.6 Å². The molecule has 0 aliphatic rings. The Bertz CT molecular complexity index is 1210. The van der Waals surface area contributed by atoms with Crippen molar-refractivity contribution in [2.24, 2.45) is 0 Å². The molecule has 0 saturated carbocycles. The molecular weight excluding hydrogens is 310 g/mol. The molecule has 0 N–H and O–H groups in total. The van der Waals surface area contributed by atoms with E-state index in [0.29, 0.717) is 0 Å². The molecule has 0 bridgehead atoms.